The van der Waals surface area contributed by atoms with Gasteiger partial charge in [0, 0.05) is 6.04 Å². The zero-order chi connectivity index (χ0) is 13.6. The maximum Gasteiger partial charge on any atom is 0.119 e. The number of aryl methyl sites for hydroxylation is 1. The molecule has 2 aliphatic carbocycles. The minimum absolute atomic E-state index is 0.349. The molecule has 0 aliphatic heterocycles. The lowest BCUT2D eigenvalue weighted by Gasteiger charge is -2.61. The molecule has 0 bridgehead atoms. The summed E-state index contributed by atoms with van der Waals surface area (Å²) in [5, 5.41) is 3.70. The number of ether oxygens (including phenoxy) is 1. The van der Waals surface area contributed by atoms with Crippen LogP contribution in [0.15, 0.2) is 18.2 Å². The second-order valence-electron chi connectivity index (χ2n) is 6.60. The van der Waals surface area contributed by atoms with Gasteiger partial charge in [0.15, 0.2) is 0 Å². The summed E-state index contributed by atoms with van der Waals surface area (Å²) in [5.74, 6) is 2.49. The van der Waals surface area contributed by atoms with Gasteiger partial charge in [-0.1, -0.05) is 26.8 Å². The number of nitrogens with one attached hydrogen (secondary N) is 1. The molecule has 19 heavy (non-hydrogen) atoms. The van der Waals surface area contributed by atoms with Crippen LogP contribution in [0.1, 0.15) is 44.2 Å². The summed E-state index contributed by atoms with van der Waals surface area (Å²) < 4.78 is 5.41. The zero-order valence-corrected chi connectivity index (χ0v) is 12.5. The highest BCUT2D eigenvalue weighted by atomic mass is 16.5. The van der Waals surface area contributed by atoms with E-state index in [1.165, 1.54) is 24.0 Å². The molecule has 2 nitrogen and oxygen atoms in total. The topological polar surface area (TPSA) is 21.3 Å². The van der Waals surface area contributed by atoms with Gasteiger partial charge < -0.3 is 10.1 Å². The Balaban J connectivity index is 1.96. The van der Waals surface area contributed by atoms with Gasteiger partial charge in [0.1, 0.15) is 5.75 Å². The molecule has 3 rings (SSSR count). The fraction of sp³-hybridized carbons (Fsp3) is 0.647. The van der Waals surface area contributed by atoms with E-state index in [1.54, 1.807) is 7.11 Å². The van der Waals surface area contributed by atoms with Crippen LogP contribution in [-0.4, -0.2) is 19.7 Å². The van der Waals surface area contributed by atoms with Crippen LogP contribution in [-0.2, 0) is 6.42 Å². The fourth-order valence-corrected chi connectivity index (χ4v) is 4.51. The lowest BCUT2D eigenvalue weighted by molar-refractivity contribution is -0.0208. The third-order valence-electron chi connectivity index (χ3n) is 5.32. The van der Waals surface area contributed by atoms with Crippen molar-refractivity contribution in [2.45, 2.75) is 45.6 Å². The van der Waals surface area contributed by atoms with E-state index >= 15 is 0 Å². The highest BCUT2D eigenvalue weighted by Gasteiger charge is 2.57. The van der Waals surface area contributed by atoms with Crippen molar-refractivity contribution in [3.8, 4) is 5.75 Å². The van der Waals surface area contributed by atoms with Crippen molar-refractivity contribution in [2.24, 2.45) is 11.3 Å². The first-order chi connectivity index (χ1) is 9.09. The number of hydrogen-bond donors (Lipinski definition) is 1. The van der Waals surface area contributed by atoms with Crippen LogP contribution < -0.4 is 10.1 Å². The quantitative estimate of drug-likeness (QED) is 0.898. The average Bonchev–Trinajstić information content (AvgIpc) is 2.42. The molecule has 2 heteroatoms. The van der Waals surface area contributed by atoms with E-state index in [0.717, 1.165) is 18.2 Å². The first-order valence-electron chi connectivity index (χ1n) is 7.49. The van der Waals surface area contributed by atoms with Crippen molar-refractivity contribution in [1.29, 1.82) is 0 Å². The number of methoxy groups -OCH3 is 1. The monoisotopic (exact) mass is 259 g/mol. The number of benzene rings is 1. The first kappa shape index (κ1) is 13.0. The largest absolute Gasteiger partial charge is 0.497 e. The van der Waals surface area contributed by atoms with Gasteiger partial charge in [0.05, 0.1) is 7.11 Å². The molecular weight excluding hydrogens is 234 g/mol. The van der Waals surface area contributed by atoms with E-state index in [-0.39, 0.29) is 0 Å². The smallest absolute Gasteiger partial charge is 0.119 e. The summed E-state index contributed by atoms with van der Waals surface area (Å²) in [7, 11) is 1.76. The van der Waals surface area contributed by atoms with Gasteiger partial charge >= 0.3 is 0 Å². The maximum atomic E-state index is 5.41. The molecule has 0 spiro atoms. The molecule has 1 aromatic rings. The molecule has 1 N–H and O–H groups in total. The highest BCUT2D eigenvalue weighted by molar-refractivity contribution is 5.44. The molecule has 104 valence electrons. The van der Waals surface area contributed by atoms with Crippen molar-refractivity contribution in [2.75, 3.05) is 13.7 Å². The molecule has 0 heterocycles. The summed E-state index contributed by atoms with van der Waals surface area (Å²) in [6.45, 7) is 8.11. The Morgan fingerprint density at radius 2 is 2.16 bits per heavy atom. The number of fused-ring (bicyclic) bond motifs is 3. The van der Waals surface area contributed by atoms with Gasteiger partial charge in [-0.3, -0.25) is 0 Å². The molecule has 0 radical (unpaired) electrons. The van der Waals surface area contributed by atoms with Crippen LogP contribution in [0.3, 0.4) is 0 Å². The van der Waals surface area contributed by atoms with E-state index in [4.69, 9.17) is 4.74 Å². The predicted octanol–water partition coefficient (Wildman–Crippen LogP) is 3.36. The summed E-state index contributed by atoms with van der Waals surface area (Å²) in [6.07, 6.45) is 2.55. The maximum absolute atomic E-state index is 5.41. The van der Waals surface area contributed by atoms with Crippen molar-refractivity contribution in [1.82, 2.24) is 5.32 Å². The lowest BCUT2D eigenvalue weighted by Crippen LogP contribution is -2.63. The standard InChI is InChI=1S/C17H25NO/c1-5-18-16-13-9-7-11-6-8-12(19-4)10-14(11)15(13)17(16,2)3/h6,8,10,13,15-16,18H,5,7,9H2,1-4H3. The van der Waals surface area contributed by atoms with Crippen LogP contribution in [0, 0.1) is 11.3 Å². The first-order valence-corrected chi connectivity index (χ1v) is 7.49. The summed E-state index contributed by atoms with van der Waals surface area (Å²) >= 11 is 0. The number of hydrogen-bond acceptors (Lipinski definition) is 2. The molecule has 0 amide bonds. The molecule has 1 saturated carbocycles. The predicted molar refractivity (Wildman–Crippen MR) is 78.8 cm³/mol. The molecule has 3 unspecified atom stereocenters. The third-order valence-corrected chi connectivity index (χ3v) is 5.32. The van der Waals surface area contributed by atoms with Crippen molar-refractivity contribution < 1.29 is 4.74 Å². The third kappa shape index (κ3) is 1.80. The van der Waals surface area contributed by atoms with Crippen molar-refractivity contribution in [3.05, 3.63) is 29.3 Å². The minimum atomic E-state index is 0.349. The van der Waals surface area contributed by atoms with Crippen LogP contribution in [0.4, 0.5) is 0 Å². The van der Waals surface area contributed by atoms with Crippen LogP contribution in [0.2, 0.25) is 0 Å². The Morgan fingerprint density at radius 1 is 1.37 bits per heavy atom. The van der Waals surface area contributed by atoms with E-state index in [9.17, 15) is 0 Å². The van der Waals surface area contributed by atoms with Crippen LogP contribution >= 0.6 is 0 Å². The Bertz CT molecular complexity index is 480. The normalized spacial score (nSPS) is 31.1. The molecular formula is C17H25NO. The van der Waals surface area contributed by atoms with Gasteiger partial charge in [-0.05, 0) is 59.9 Å². The van der Waals surface area contributed by atoms with Crippen LogP contribution in [0.25, 0.3) is 0 Å². The lowest BCUT2D eigenvalue weighted by atomic mass is 9.46. The highest BCUT2D eigenvalue weighted by Crippen LogP contribution is 2.61. The molecule has 3 atom stereocenters. The Morgan fingerprint density at radius 3 is 2.84 bits per heavy atom. The van der Waals surface area contributed by atoms with E-state index in [2.05, 4.69) is 44.3 Å². The Hall–Kier alpha value is -1.02. The summed E-state index contributed by atoms with van der Waals surface area (Å²) in [6, 6.07) is 7.31. The molecule has 1 fully saturated rings. The van der Waals surface area contributed by atoms with Crippen LogP contribution in [0.5, 0.6) is 5.75 Å². The van der Waals surface area contributed by atoms with E-state index < -0.39 is 0 Å². The number of rotatable bonds is 3. The zero-order valence-electron chi connectivity index (χ0n) is 12.5. The summed E-state index contributed by atoms with van der Waals surface area (Å²) in [5.41, 5.74) is 3.42. The Kier molecular flexibility index (Phi) is 3.09. The van der Waals surface area contributed by atoms with E-state index in [1.807, 2.05) is 0 Å². The van der Waals surface area contributed by atoms with Gasteiger partial charge in [-0.25, -0.2) is 0 Å². The van der Waals surface area contributed by atoms with Gasteiger partial charge in [-0.15, -0.1) is 0 Å². The molecule has 0 saturated heterocycles. The molecule has 2 aliphatic rings. The summed E-state index contributed by atoms with van der Waals surface area (Å²) in [4.78, 5) is 0. The van der Waals surface area contributed by atoms with Gasteiger partial charge in [0.25, 0.3) is 0 Å². The second-order valence-corrected chi connectivity index (χ2v) is 6.60. The average molecular weight is 259 g/mol. The van der Waals surface area contributed by atoms with Crippen molar-refractivity contribution in [3.63, 3.8) is 0 Å². The minimum Gasteiger partial charge on any atom is -0.497 e. The Labute approximate surface area is 116 Å². The second kappa shape index (κ2) is 4.52. The SMILES string of the molecule is CCNC1C2CCc3ccc(OC)cc3C2C1(C)C. The van der Waals surface area contributed by atoms with Gasteiger partial charge in [0.2, 0.25) is 0 Å². The molecule has 0 aromatic heterocycles. The van der Waals surface area contributed by atoms with E-state index in [0.29, 0.717) is 17.4 Å². The van der Waals surface area contributed by atoms with Crippen molar-refractivity contribution >= 4 is 0 Å². The van der Waals surface area contributed by atoms with Gasteiger partial charge in [-0.2, -0.15) is 0 Å². The molecule has 1 aromatic carbocycles. The fourth-order valence-electron chi connectivity index (χ4n) is 4.51.